The average Bonchev–Trinajstić information content (AvgIpc) is 2.75. The highest BCUT2D eigenvalue weighted by atomic mass is 16.5. The van der Waals surface area contributed by atoms with Gasteiger partial charge in [-0.05, 0) is 12.5 Å². The minimum Gasteiger partial charge on any atom is -0.469 e. The van der Waals surface area contributed by atoms with Gasteiger partial charge in [0.1, 0.15) is 11.5 Å². The smallest absolute Gasteiger partial charge is 0.176 e. The number of hydrogen-bond acceptors (Lipinski definition) is 4. The van der Waals surface area contributed by atoms with E-state index < -0.39 is 5.92 Å². The number of Topliss-reactive ketones (excluding diaryl/α,β-unsaturated/α-hetero) is 2. The molecular weight excluding hydrogens is 208 g/mol. The Kier molecular flexibility index (Phi) is 3.19. The van der Waals surface area contributed by atoms with E-state index in [1.807, 2.05) is 0 Å². The van der Waals surface area contributed by atoms with Crippen molar-refractivity contribution >= 4 is 11.6 Å². The lowest BCUT2D eigenvalue weighted by Crippen LogP contribution is -2.29. The summed E-state index contributed by atoms with van der Waals surface area (Å²) in [5, 5.41) is 0. The second kappa shape index (κ2) is 4.61. The zero-order valence-corrected chi connectivity index (χ0v) is 9.19. The van der Waals surface area contributed by atoms with Crippen molar-refractivity contribution in [3.05, 3.63) is 23.7 Å². The molecule has 0 radical (unpaired) electrons. The van der Waals surface area contributed by atoms with E-state index >= 15 is 0 Å². The van der Waals surface area contributed by atoms with Gasteiger partial charge in [-0.15, -0.1) is 0 Å². The van der Waals surface area contributed by atoms with Crippen molar-refractivity contribution in [3.8, 4) is 0 Å². The number of fused-ring (bicyclic) bond motifs is 1. The number of furan rings is 1. The summed E-state index contributed by atoms with van der Waals surface area (Å²) in [7, 11) is 1.55. The Hall–Kier alpha value is -1.42. The fourth-order valence-corrected chi connectivity index (χ4v) is 2.03. The molecule has 1 atom stereocenters. The number of aryl methyl sites for hydroxylation is 1. The summed E-state index contributed by atoms with van der Waals surface area (Å²) < 4.78 is 10.0. The summed E-state index contributed by atoms with van der Waals surface area (Å²) in [4.78, 5) is 23.7. The lowest BCUT2D eigenvalue weighted by molar-refractivity contribution is -0.122. The number of methoxy groups -OCH3 is 1. The molecule has 0 saturated carbocycles. The predicted molar refractivity (Wildman–Crippen MR) is 56.3 cm³/mol. The molecule has 1 aliphatic carbocycles. The monoisotopic (exact) mass is 222 g/mol. The first kappa shape index (κ1) is 11.1. The number of carbonyl (C=O) groups excluding carboxylic acids is 2. The van der Waals surface area contributed by atoms with Crippen LogP contribution in [0.1, 0.15) is 29.0 Å². The number of hydrogen-bond donors (Lipinski definition) is 0. The van der Waals surface area contributed by atoms with Crippen LogP contribution in [-0.2, 0) is 16.0 Å². The van der Waals surface area contributed by atoms with Gasteiger partial charge in [-0.3, -0.25) is 9.59 Å². The van der Waals surface area contributed by atoms with Crippen LogP contribution in [0.25, 0.3) is 0 Å². The van der Waals surface area contributed by atoms with E-state index in [-0.39, 0.29) is 11.6 Å². The van der Waals surface area contributed by atoms with E-state index in [4.69, 9.17) is 9.15 Å². The van der Waals surface area contributed by atoms with Gasteiger partial charge in [0.25, 0.3) is 0 Å². The Labute approximate surface area is 93.6 Å². The first-order valence-electron chi connectivity index (χ1n) is 5.36. The highest BCUT2D eigenvalue weighted by molar-refractivity contribution is 6.11. The molecule has 2 rings (SSSR count). The Morgan fingerprint density at radius 3 is 3.19 bits per heavy atom. The maximum atomic E-state index is 12.0. The van der Waals surface area contributed by atoms with Crippen LogP contribution in [0.2, 0.25) is 0 Å². The Morgan fingerprint density at radius 1 is 1.62 bits per heavy atom. The Morgan fingerprint density at radius 2 is 2.44 bits per heavy atom. The average molecular weight is 222 g/mol. The number of carbonyl (C=O) groups is 2. The lowest BCUT2D eigenvalue weighted by Gasteiger charge is -2.18. The fraction of sp³-hybridized carbons (Fsp3) is 0.500. The molecule has 16 heavy (non-hydrogen) atoms. The largest absolute Gasteiger partial charge is 0.469 e. The van der Waals surface area contributed by atoms with Crippen molar-refractivity contribution in [3.63, 3.8) is 0 Å². The normalized spacial score (nSPS) is 19.6. The molecule has 0 aliphatic heterocycles. The van der Waals surface area contributed by atoms with Gasteiger partial charge in [0.05, 0.1) is 24.4 Å². The van der Waals surface area contributed by atoms with Crippen LogP contribution in [0.5, 0.6) is 0 Å². The lowest BCUT2D eigenvalue weighted by atomic mass is 9.83. The van der Waals surface area contributed by atoms with Gasteiger partial charge < -0.3 is 9.15 Å². The summed E-state index contributed by atoms with van der Waals surface area (Å²) in [6.07, 6.45) is 3.03. The molecule has 0 bridgehead atoms. The Bertz CT molecular complexity index is 405. The predicted octanol–water partition coefficient (Wildman–Crippen LogP) is 1.63. The van der Waals surface area contributed by atoms with Crippen LogP contribution in [0, 0.1) is 5.92 Å². The molecule has 4 nitrogen and oxygen atoms in total. The van der Waals surface area contributed by atoms with Crippen molar-refractivity contribution in [1.29, 1.82) is 0 Å². The highest BCUT2D eigenvalue weighted by Crippen LogP contribution is 2.27. The third-order valence-electron chi connectivity index (χ3n) is 2.93. The van der Waals surface area contributed by atoms with E-state index in [1.54, 1.807) is 13.2 Å². The van der Waals surface area contributed by atoms with Crippen LogP contribution < -0.4 is 0 Å². The number of ketones is 2. The zero-order chi connectivity index (χ0) is 11.5. The maximum absolute atomic E-state index is 12.0. The van der Waals surface area contributed by atoms with Crippen LogP contribution in [0.15, 0.2) is 16.7 Å². The molecule has 0 aromatic carbocycles. The molecular formula is C12H14O4. The molecule has 0 spiro atoms. The third kappa shape index (κ3) is 1.93. The van der Waals surface area contributed by atoms with Crippen molar-refractivity contribution in [2.45, 2.75) is 19.3 Å². The third-order valence-corrected chi connectivity index (χ3v) is 2.93. The summed E-state index contributed by atoms with van der Waals surface area (Å²) in [5.74, 6) is 0.0795. The summed E-state index contributed by atoms with van der Waals surface area (Å²) in [5.41, 5.74) is 0.571. The molecule has 1 aromatic rings. The molecule has 0 saturated heterocycles. The molecule has 1 unspecified atom stereocenters. The number of ether oxygens (including phenoxy) is 1. The van der Waals surface area contributed by atoms with Crippen LogP contribution in [-0.4, -0.2) is 25.3 Å². The first-order valence-corrected chi connectivity index (χ1v) is 5.36. The van der Waals surface area contributed by atoms with Crippen molar-refractivity contribution in [1.82, 2.24) is 0 Å². The van der Waals surface area contributed by atoms with Gasteiger partial charge in [-0.2, -0.15) is 0 Å². The van der Waals surface area contributed by atoms with Crippen LogP contribution >= 0.6 is 0 Å². The van der Waals surface area contributed by atoms with E-state index in [0.29, 0.717) is 37.2 Å². The standard InChI is InChI=1S/C12H14O4/c1-15-6-5-10(13)8-2-3-11-9(12(8)14)4-7-16-11/h4,7-8H,2-3,5-6H2,1H3. The van der Waals surface area contributed by atoms with Crippen molar-refractivity contribution in [2.24, 2.45) is 5.92 Å². The highest BCUT2D eigenvalue weighted by Gasteiger charge is 2.33. The van der Waals surface area contributed by atoms with E-state index in [1.165, 1.54) is 6.26 Å². The molecule has 0 amide bonds. The minimum absolute atomic E-state index is 0.0290. The second-order valence-corrected chi connectivity index (χ2v) is 3.92. The van der Waals surface area contributed by atoms with Gasteiger partial charge in [0, 0.05) is 20.0 Å². The Balaban J connectivity index is 2.09. The second-order valence-electron chi connectivity index (χ2n) is 3.92. The fourth-order valence-electron chi connectivity index (χ4n) is 2.03. The zero-order valence-electron chi connectivity index (χ0n) is 9.19. The van der Waals surface area contributed by atoms with Crippen molar-refractivity contribution in [2.75, 3.05) is 13.7 Å². The molecule has 1 aromatic heterocycles. The minimum atomic E-state index is -0.500. The molecule has 1 aliphatic rings. The summed E-state index contributed by atoms with van der Waals surface area (Å²) >= 11 is 0. The number of rotatable bonds is 4. The molecule has 0 N–H and O–H groups in total. The molecule has 86 valence electrons. The van der Waals surface area contributed by atoms with Gasteiger partial charge in [-0.25, -0.2) is 0 Å². The van der Waals surface area contributed by atoms with Gasteiger partial charge in [0.15, 0.2) is 5.78 Å². The topological polar surface area (TPSA) is 56.5 Å². The summed E-state index contributed by atoms with van der Waals surface area (Å²) in [6, 6.07) is 1.65. The van der Waals surface area contributed by atoms with E-state index in [9.17, 15) is 9.59 Å². The molecule has 4 heteroatoms. The quantitative estimate of drug-likeness (QED) is 0.726. The SMILES string of the molecule is COCCC(=O)C1CCc2occc2C1=O. The van der Waals surface area contributed by atoms with E-state index in [0.717, 1.165) is 0 Å². The molecule has 1 heterocycles. The van der Waals surface area contributed by atoms with Crippen LogP contribution in [0.3, 0.4) is 0 Å². The van der Waals surface area contributed by atoms with Crippen molar-refractivity contribution < 1.29 is 18.7 Å². The summed E-state index contributed by atoms with van der Waals surface area (Å²) in [6.45, 7) is 0.376. The first-order chi connectivity index (χ1) is 7.74. The maximum Gasteiger partial charge on any atom is 0.176 e. The van der Waals surface area contributed by atoms with Gasteiger partial charge >= 0.3 is 0 Å². The van der Waals surface area contributed by atoms with Gasteiger partial charge in [-0.1, -0.05) is 0 Å². The molecule has 0 fully saturated rings. The van der Waals surface area contributed by atoms with Gasteiger partial charge in [0.2, 0.25) is 0 Å². The van der Waals surface area contributed by atoms with E-state index in [2.05, 4.69) is 0 Å². The van der Waals surface area contributed by atoms with Crippen LogP contribution in [0.4, 0.5) is 0 Å².